The molecule has 7 heteroatoms. The quantitative estimate of drug-likeness (QED) is 0.483. The first kappa shape index (κ1) is 11.6. The van der Waals surface area contributed by atoms with Crippen LogP contribution in [-0.2, 0) is 0 Å². The number of urea groups is 1. The van der Waals surface area contributed by atoms with E-state index in [0.717, 1.165) is 12.3 Å². The Morgan fingerprint density at radius 2 is 2.20 bits per heavy atom. The molecule has 0 aromatic heterocycles. The molecule has 0 saturated carbocycles. The molecular weight excluding hydrogens is 272 g/mol. The third-order valence-corrected chi connectivity index (χ3v) is 2.14. The maximum absolute atomic E-state index is 13.1. The predicted octanol–water partition coefficient (Wildman–Crippen LogP) is 1.73. The van der Waals surface area contributed by atoms with Crippen molar-refractivity contribution >= 4 is 28.2 Å². The van der Waals surface area contributed by atoms with Crippen molar-refractivity contribution in [2.75, 3.05) is 0 Å². The van der Waals surface area contributed by atoms with Crippen molar-refractivity contribution < 1.29 is 13.6 Å². The highest BCUT2D eigenvalue weighted by atomic mass is 79.9. The zero-order valence-electron chi connectivity index (χ0n) is 7.30. The van der Waals surface area contributed by atoms with Crippen LogP contribution < -0.4 is 11.2 Å². The number of hydrogen-bond acceptors (Lipinski definition) is 2. The van der Waals surface area contributed by atoms with Crippen LogP contribution in [0, 0.1) is 11.6 Å². The van der Waals surface area contributed by atoms with Gasteiger partial charge < -0.3 is 5.73 Å². The SMILES string of the molecule is NC(=O)NN=Cc1c(Br)ccc(F)c1F. The summed E-state index contributed by atoms with van der Waals surface area (Å²) in [5, 5.41) is 3.32. The highest BCUT2D eigenvalue weighted by Crippen LogP contribution is 2.20. The minimum atomic E-state index is -1.06. The number of hydrazone groups is 1. The number of benzene rings is 1. The lowest BCUT2D eigenvalue weighted by Gasteiger charge is -2.00. The summed E-state index contributed by atoms with van der Waals surface area (Å²) in [4.78, 5) is 10.2. The molecule has 0 fully saturated rings. The fourth-order valence-electron chi connectivity index (χ4n) is 0.822. The van der Waals surface area contributed by atoms with Crippen molar-refractivity contribution in [2.45, 2.75) is 0 Å². The number of hydrogen-bond donors (Lipinski definition) is 2. The minimum absolute atomic E-state index is 0.108. The zero-order chi connectivity index (χ0) is 11.4. The summed E-state index contributed by atoms with van der Waals surface area (Å²) < 4.78 is 26.2. The molecule has 4 nitrogen and oxygen atoms in total. The van der Waals surface area contributed by atoms with E-state index in [4.69, 9.17) is 5.73 Å². The molecule has 0 heterocycles. The molecule has 1 rings (SSSR count). The Hall–Kier alpha value is -1.50. The van der Waals surface area contributed by atoms with Crippen LogP contribution in [0.25, 0.3) is 0 Å². The number of rotatable bonds is 2. The molecule has 15 heavy (non-hydrogen) atoms. The largest absolute Gasteiger partial charge is 0.350 e. The van der Waals surface area contributed by atoms with Crippen molar-refractivity contribution in [2.24, 2.45) is 10.8 Å². The average molecular weight is 278 g/mol. The fraction of sp³-hybridized carbons (Fsp3) is 0. The van der Waals surface area contributed by atoms with E-state index in [9.17, 15) is 13.6 Å². The Balaban J connectivity index is 2.98. The van der Waals surface area contributed by atoms with Crippen molar-refractivity contribution in [1.82, 2.24) is 5.43 Å². The average Bonchev–Trinajstić information content (AvgIpc) is 2.17. The van der Waals surface area contributed by atoms with Gasteiger partial charge in [-0.25, -0.2) is 19.0 Å². The van der Waals surface area contributed by atoms with Crippen molar-refractivity contribution in [1.29, 1.82) is 0 Å². The third kappa shape index (κ3) is 2.98. The van der Waals surface area contributed by atoms with E-state index in [1.165, 1.54) is 6.07 Å². The third-order valence-electron chi connectivity index (χ3n) is 1.45. The van der Waals surface area contributed by atoms with Gasteiger partial charge in [0.15, 0.2) is 11.6 Å². The number of carbonyl (C=O) groups is 1. The Kier molecular flexibility index (Phi) is 3.73. The number of nitrogens with one attached hydrogen (secondary N) is 1. The van der Waals surface area contributed by atoms with E-state index in [0.29, 0.717) is 4.47 Å². The molecule has 0 bridgehead atoms. The number of halogens is 3. The number of amides is 2. The monoisotopic (exact) mass is 277 g/mol. The predicted molar refractivity (Wildman–Crippen MR) is 54.4 cm³/mol. The van der Waals surface area contributed by atoms with Crippen molar-refractivity contribution in [3.05, 3.63) is 33.8 Å². The summed E-state index contributed by atoms with van der Waals surface area (Å²) >= 11 is 3.01. The lowest BCUT2D eigenvalue weighted by atomic mass is 10.2. The molecule has 0 saturated heterocycles. The smallest absolute Gasteiger partial charge is 0.332 e. The minimum Gasteiger partial charge on any atom is -0.350 e. The van der Waals surface area contributed by atoms with Crippen LogP contribution in [0.4, 0.5) is 13.6 Å². The summed E-state index contributed by atoms with van der Waals surface area (Å²) in [6, 6.07) is 1.40. The molecule has 1 aromatic carbocycles. The standard InChI is InChI=1S/C8H6BrF2N3O/c9-5-1-2-6(10)7(11)4(5)3-13-14-8(12)15/h1-3H,(H3,12,14,15). The number of carbonyl (C=O) groups excluding carboxylic acids is 1. The maximum atomic E-state index is 13.1. The van der Waals surface area contributed by atoms with E-state index < -0.39 is 17.7 Å². The lowest BCUT2D eigenvalue weighted by Crippen LogP contribution is -2.24. The molecule has 0 aliphatic rings. The molecule has 0 radical (unpaired) electrons. The van der Waals surface area contributed by atoms with Gasteiger partial charge in [0, 0.05) is 10.0 Å². The van der Waals surface area contributed by atoms with Gasteiger partial charge in [-0.2, -0.15) is 5.10 Å². The van der Waals surface area contributed by atoms with Gasteiger partial charge in [0.2, 0.25) is 0 Å². The Morgan fingerprint density at radius 3 is 2.80 bits per heavy atom. The normalized spacial score (nSPS) is 10.6. The second-order valence-electron chi connectivity index (χ2n) is 2.49. The van der Waals surface area contributed by atoms with Gasteiger partial charge in [0.1, 0.15) is 0 Å². The van der Waals surface area contributed by atoms with E-state index >= 15 is 0 Å². The van der Waals surface area contributed by atoms with Crippen LogP contribution in [-0.4, -0.2) is 12.2 Å². The Bertz CT molecular complexity index is 423. The molecule has 0 aliphatic heterocycles. The summed E-state index contributed by atoms with van der Waals surface area (Å²) in [6.07, 6.45) is 0.952. The van der Waals surface area contributed by atoms with E-state index in [1.54, 1.807) is 0 Å². The van der Waals surface area contributed by atoms with Gasteiger partial charge in [0.05, 0.1) is 6.21 Å². The summed E-state index contributed by atoms with van der Waals surface area (Å²) in [6.45, 7) is 0. The highest BCUT2D eigenvalue weighted by molar-refractivity contribution is 9.10. The molecule has 80 valence electrons. The number of nitrogens with zero attached hydrogens (tertiary/aromatic N) is 1. The number of nitrogens with two attached hydrogens (primary N) is 1. The molecule has 0 aliphatic carbocycles. The summed E-state index contributed by atoms with van der Waals surface area (Å²) in [5.74, 6) is -2.06. The Labute approximate surface area is 92.3 Å². The molecular formula is C8H6BrF2N3O. The summed E-state index contributed by atoms with van der Waals surface area (Å²) in [5.41, 5.74) is 6.48. The molecule has 0 spiro atoms. The maximum Gasteiger partial charge on any atom is 0.332 e. The topological polar surface area (TPSA) is 67.5 Å². The summed E-state index contributed by atoms with van der Waals surface area (Å²) in [7, 11) is 0. The second kappa shape index (κ2) is 4.83. The first-order chi connectivity index (χ1) is 7.02. The first-order valence-corrected chi connectivity index (χ1v) is 4.53. The molecule has 1 aromatic rings. The van der Waals surface area contributed by atoms with Crippen LogP contribution in [0.15, 0.2) is 21.7 Å². The van der Waals surface area contributed by atoms with Gasteiger partial charge >= 0.3 is 6.03 Å². The van der Waals surface area contributed by atoms with Gasteiger partial charge in [-0.05, 0) is 12.1 Å². The van der Waals surface area contributed by atoms with Crippen molar-refractivity contribution in [3.8, 4) is 0 Å². The zero-order valence-corrected chi connectivity index (χ0v) is 8.88. The first-order valence-electron chi connectivity index (χ1n) is 3.74. The van der Waals surface area contributed by atoms with Crippen molar-refractivity contribution in [3.63, 3.8) is 0 Å². The highest BCUT2D eigenvalue weighted by Gasteiger charge is 2.09. The fourth-order valence-corrected chi connectivity index (χ4v) is 1.23. The van der Waals surface area contributed by atoms with Crippen LogP contribution >= 0.6 is 15.9 Å². The van der Waals surface area contributed by atoms with Crippen LogP contribution in [0.3, 0.4) is 0 Å². The molecule has 2 amide bonds. The molecule has 0 atom stereocenters. The van der Waals surface area contributed by atoms with Crippen LogP contribution in [0.2, 0.25) is 0 Å². The lowest BCUT2D eigenvalue weighted by molar-refractivity contribution is 0.249. The molecule has 3 N–H and O–H groups in total. The Morgan fingerprint density at radius 1 is 1.53 bits per heavy atom. The van der Waals surface area contributed by atoms with Gasteiger partial charge in [-0.1, -0.05) is 15.9 Å². The number of primary amides is 1. The van der Waals surface area contributed by atoms with E-state index in [2.05, 4.69) is 21.0 Å². The second-order valence-corrected chi connectivity index (χ2v) is 3.35. The van der Waals surface area contributed by atoms with Gasteiger partial charge in [0.25, 0.3) is 0 Å². The van der Waals surface area contributed by atoms with Crippen LogP contribution in [0.5, 0.6) is 0 Å². The van der Waals surface area contributed by atoms with Crippen LogP contribution in [0.1, 0.15) is 5.56 Å². The van der Waals surface area contributed by atoms with E-state index in [1.807, 2.05) is 5.43 Å². The van der Waals surface area contributed by atoms with Gasteiger partial charge in [-0.15, -0.1) is 0 Å². The molecule has 0 unspecified atom stereocenters. The van der Waals surface area contributed by atoms with E-state index in [-0.39, 0.29) is 5.56 Å². The van der Waals surface area contributed by atoms with Gasteiger partial charge in [-0.3, -0.25) is 0 Å².